The lowest BCUT2D eigenvalue weighted by atomic mass is 9.74. The lowest BCUT2D eigenvalue weighted by Crippen LogP contribution is -2.49. The van der Waals surface area contributed by atoms with Crippen LogP contribution in [0.3, 0.4) is 0 Å². The first-order valence-electron chi connectivity index (χ1n) is 9.61. The first kappa shape index (κ1) is 18.4. The third kappa shape index (κ3) is 4.61. The molecule has 2 saturated heterocycles. The van der Waals surface area contributed by atoms with Crippen LogP contribution in [0.15, 0.2) is 10.6 Å². The zero-order valence-corrected chi connectivity index (χ0v) is 15.5. The zero-order valence-electron chi connectivity index (χ0n) is 15.5. The highest BCUT2D eigenvalue weighted by atomic mass is 16.5. The second-order valence-electron chi connectivity index (χ2n) is 7.92. The molecule has 0 unspecified atom stereocenters. The van der Waals surface area contributed by atoms with Gasteiger partial charge in [-0.1, -0.05) is 19.0 Å². The fourth-order valence-corrected chi connectivity index (χ4v) is 3.76. The minimum absolute atomic E-state index is 0.164. The highest BCUT2D eigenvalue weighted by Crippen LogP contribution is 2.34. The van der Waals surface area contributed by atoms with Crippen LogP contribution in [0.4, 0.5) is 0 Å². The van der Waals surface area contributed by atoms with Crippen LogP contribution in [0.2, 0.25) is 0 Å². The molecule has 3 heterocycles. The quantitative estimate of drug-likeness (QED) is 0.790. The number of hydrogen-bond donors (Lipinski definition) is 2. The topological polar surface area (TPSA) is 76.4 Å². The molecule has 2 aliphatic rings. The van der Waals surface area contributed by atoms with Crippen molar-refractivity contribution < 1.29 is 14.1 Å². The Balaban J connectivity index is 1.66. The van der Waals surface area contributed by atoms with E-state index in [2.05, 4.69) is 29.6 Å². The Hall–Kier alpha value is -1.40. The molecular formula is C19H31N3O3. The molecule has 25 heavy (non-hydrogen) atoms. The molecule has 1 aromatic rings. The molecule has 2 aliphatic heterocycles. The van der Waals surface area contributed by atoms with Gasteiger partial charge < -0.3 is 19.9 Å². The Labute approximate surface area is 150 Å². The third-order valence-electron chi connectivity index (χ3n) is 5.49. The van der Waals surface area contributed by atoms with Crippen LogP contribution in [-0.4, -0.2) is 43.9 Å². The highest BCUT2D eigenvalue weighted by molar-refractivity contribution is 5.83. The minimum atomic E-state index is -0.384. The van der Waals surface area contributed by atoms with Gasteiger partial charge in [-0.05, 0) is 44.7 Å². The van der Waals surface area contributed by atoms with E-state index in [1.807, 2.05) is 6.07 Å². The SMILES string of the molecule is CC(C)CCNC(=O)C1(Cc2cc([C@@H]3CCOC3)no2)CCNCC1. The predicted octanol–water partition coefficient (Wildman–Crippen LogP) is 2.25. The zero-order chi connectivity index (χ0) is 17.7. The molecule has 140 valence electrons. The number of rotatable bonds is 7. The van der Waals surface area contributed by atoms with E-state index >= 15 is 0 Å². The van der Waals surface area contributed by atoms with Crippen LogP contribution in [0.1, 0.15) is 56.9 Å². The van der Waals surface area contributed by atoms with Crippen molar-refractivity contribution >= 4 is 5.91 Å². The molecule has 0 spiro atoms. The fraction of sp³-hybridized carbons (Fsp3) is 0.789. The van der Waals surface area contributed by atoms with Crippen LogP contribution in [0.5, 0.6) is 0 Å². The molecule has 2 fully saturated rings. The normalized spacial score (nSPS) is 23.1. The van der Waals surface area contributed by atoms with Crippen molar-refractivity contribution in [3.05, 3.63) is 17.5 Å². The number of nitrogens with one attached hydrogen (secondary N) is 2. The molecule has 2 N–H and O–H groups in total. The summed E-state index contributed by atoms with van der Waals surface area (Å²) in [5.41, 5.74) is 0.586. The van der Waals surface area contributed by atoms with E-state index in [1.54, 1.807) is 0 Å². The molecule has 0 radical (unpaired) electrons. The summed E-state index contributed by atoms with van der Waals surface area (Å²) in [6, 6.07) is 2.03. The summed E-state index contributed by atoms with van der Waals surface area (Å²) < 4.78 is 11.0. The van der Waals surface area contributed by atoms with Crippen molar-refractivity contribution in [3.63, 3.8) is 0 Å². The average molecular weight is 349 g/mol. The maximum absolute atomic E-state index is 12.9. The van der Waals surface area contributed by atoms with Gasteiger partial charge in [0.2, 0.25) is 5.91 Å². The monoisotopic (exact) mass is 349 g/mol. The molecule has 1 atom stereocenters. The summed E-state index contributed by atoms with van der Waals surface area (Å²) in [5, 5.41) is 10.8. The van der Waals surface area contributed by atoms with E-state index in [0.29, 0.717) is 18.3 Å². The van der Waals surface area contributed by atoms with Gasteiger partial charge in [0.25, 0.3) is 0 Å². The number of hydrogen-bond acceptors (Lipinski definition) is 5. The van der Waals surface area contributed by atoms with Crippen LogP contribution >= 0.6 is 0 Å². The lowest BCUT2D eigenvalue weighted by Gasteiger charge is -2.35. The smallest absolute Gasteiger partial charge is 0.226 e. The van der Waals surface area contributed by atoms with E-state index in [4.69, 9.17) is 9.26 Å². The molecule has 0 aliphatic carbocycles. The maximum atomic E-state index is 12.9. The summed E-state index contributed by atoms with van der Waals surface area (Å²) in [6.07, 6.45) is 4.31. The van der Waals surface area contributed by atoms with Crippen LogP contribution < -0.4 is 10.6 Å². The van der Waals surface area contributed by atoms with Crippen molar-refractivity contribution in [2.45, 2.75) is 51.9 Å². The van der Waals surface area contributed by atoms with Crippen molar-refractivity contribution in [3.8, 4) is 0 Å². The Morgan fingerprint density at radius 3 is 2.92 bits per heavy atom. The van der Waals surface area contributed by atoms with E-state index < -0.39 is 0 Å². The fourth-order valence-electron chi connectivity index (χ4n) is 3.76. The van der Waals surface area contributed by atoms with E-state index in [-0.39, 0.29) is 11.3 Å². The summed E-state index contributed by atoms with van der Waals surface area (Å²) in [6.45, 7) is 8.35. The van der Waals surface area contributed by atoms with Crippen LogP contribution in [0, 0.1) is 11.3 Å². The van der Waals surface area contributed by atoms with E-state index in [1.165, 1.54) is 0 Å². The molecule has 1 aromatic heterocycles. The Morgan fingerprint density at radius 2 is 2.24 bits per heavy atom. The predicted molar refractivity (Wildman–Crippen MR) is 95.4 cm³/mol. The summed E-state index contributed by atoms with van der Waals surface area (Å²) in [4.78, 5) is 12.9. The van der Waals surface area contributed by atoms with Gasteiger partial charge >= 0.3 is 0 Å². The molecule has 1 amide bonds. The van der Waals surface area contributed by atoms with Gasteiger partial charge in [0.15, 0.2) is 0 Å². The summed E-state index contributed by atoms with van der Waals surface area (Å²) >= 11 is 0. The number of piperidine rings is 1. The van der Waals surface area contributed by atoms with E-state index in [0.717, 1.165) is 70.0 Å². The standard InChI is InChI=1S/C19H31N3O3/c1-14(2)3-7-21-18(23)19(5-8-20-9-6-19)12-16-11-17(22-25-16)15-4-10-24-13-15/h11,14-15,20H,3-10,12-13H2,1-2H3,(H,21,23)/t15-/m1/s1. The second-order valence-corrected chi connectivity index (χ2v) is 7.92. The Kier molecular flexibility index (Phi) is 6.12. The van der Waals surface area contributed by atoms with Gasteiger partial charge in [-0.2, -0.15) is 0 Å². The van der Waals surface area contributed by atoms with Gasteiger partial charge in [0, 0.05) is 31.6 Å². The lowest BCUT2D eigenvalue weighted by molar-refractivity contribution is -0.132. The van der Waals surface area contributed by atoms with Gasteiger partial charge in [0.05, 0.1) is 17.7 Å². The number of carbonyl (C=O) groups is 1. The highest BCUT2D eigenvalue weighted by Gasteiger charge is 2.40. The maximum Gasteiger partial charge on any atom is 0.226 e. The number of carbonyl (C=O) groups excluding carboxylic acids is 1. The number of aromatic nitrogens is 1. The van der Waals surface area contributed by atoms with Crippen molar-refractivity contribution in [1.29, 1.82) is 0 Å². The van der Waals surface area contributed by atoms with Crippen molar-refractivity contribution in [2.24, 2.45) is 11.3 Å². The number of nitrogens with zero attached hydrogens (tertiary/aromatic N) is 1. The molecule has 6 nitrogen and oxygen atoms in total. The largest absolute Gasteiger partial charge is 0.381 e. The Bertz CT molecular complexity index is 558. The van der Waals surface area contributed by atoms with Crippen LogP contribution in [-0.2, 0) is 16.0 Å². The molecule has 3 rings (SSSR count). The van der Waals surface area contributed by atoms with Crippen molar-refractivity contribution in [2.75, 3.05) is 32.8 Å². The van der Waals surface area contributed by atoms with Gasteiger partial charge in [-0.25, -0.2) is 0 Å². The second kappa shape index (κ2) is 8.32. The first-order valence-corrected chi connectivity index (χ1v) is 9.61. The summed E-state index contributed by atoms with van der Waals surface area (Å²) in [7, 11) is 0. The van der Waals surface area contributed by atoms with Crippen molar-refractivity contribution in [1.82, 2.24) is 15.8 Å². The van der Waals surface area contributed by atoms with E-state index in [9.17, 15) is 4.79 Å². The molecule has 0 aromatic carbocycles. The number of amides is 1. The molecule has 6 heteroatoms. The minimum Gasteiger partial charge on any atom is -0.381 e. The molecular weight excluding hydrogens is 318 g/mol. The Morgan fingerprint density at radius 1 is 1.44 bits per heavy atom. The van der Waals surface area contributed by atoms with Gasteiger partial charge in [0.1, 0.15) is 5.76 Å². The third-order valence-corrected chi connectivity index (χ3v) is 5.49. The van der Waals surface area contributed by atoms with Gasteiger partial charge in [-0.3, -0.25) is 4.79 Å². The molecule has 0 bridgehead atoms. The average Bonchev–Trinajstić information content (AvgIpc) is 3.26. The first-order chi connectivity index (χ1) is 12.1. The van der Waals surface area contributed by atoms with Crippen LogP contribution in [0.25, 0.3) is 0 Å². The van der Waals surface area contributed by atoms with Gasteiger partial charge in [-0.15, -0.1) is 0 Å². The molecule has 0 saturated carbocycles. The number of ether oxygens (including phenoxy) is 1. The summed E-state index contributed by atoms with van der Waals surface area (Å²) in [5.74, 6) is 1.91.